The van der Waals surface area contributed by atoms with E-state index in [1.165, 1.54) is 0 Å². The predicted octanol–water partition coefficient (Wildman–Crippen LogP) is 4.80. The van der Waals surface area contributed by atoms with E-state index >= 15 is 0 Å². The van der Waals surface area contributed by atoms with Crippen molar-refractivity contribution in [2.75, 3.05) is 14.2 Å². The molecule has 0 radical (unpaired) electrons. The Balaban J connectivity index is 1.97. The number of halogens is 2. The lowest BCUT2D eigenvalue weighted by atomic mass is 10.1. The zero-order valence-corrected chi connectivity index (χ0v) is 13.2. The molecule has 3 rings (SSSR count). The Bertz CT molecular complexity index is 626. The molecule has 2 nitrogen and oxygen atoms in total. The fraction of sp³-hybridized carbons (Fsp3) is 0.176. The Morgan fingerprint density at radius 1 is 0.667 bits per heavy atom. The van der Waals surface area contributed by atoms with Gasteiger partial charge >= 0.3 is 0 Å². The highest BCUT2D eigenvalue weighted by Crippen LogP contribution is 2.63. The van der Waals surface area contributed by atoms with Crippen LogP contribution in [0, 0.1) is 0 Å². The molecule has 0 N–H and O–H groups in total. The normalized spacial score (nSPS) is 15.8. The van der Waals surface area contributed by atoms with Crippen LogP contribution in [0.3, 0.4) is 0 Å². The minimum atomic E-state index is -0.927. The molecule has 0 saturated carbocycles. The molecule has 0 amide bonds. The first-order chi connectivity index (χ1) is 10.1. The Hall–Kier alpha value is -1.64. The third kappa shape index (κ3) is 2.50. The van der Waals surface area contributed by atoms with E-state index in [0.717, 1.165) is 33.8 Å². The standard InChI is InChI=1S/C17H14Cl2O2/c1-20-13-7-3-11(4-8-13)15-16(17(15,18)19)12-5-9-14(21-2)10-6-12/h3-10H,1-2H3. The van der Waals surface area contributed by atoms with Crippen molar-refractivity contribution in [3.63, 3.8) is 0 Å². The number of alkyl halides is 2. The first kappa shape index (κ1) is 14.3. The molecular formula is C17H14Cl2O2. The van der Waals surface area contributed by atoms with E-state index in [2.05, 4.69) is 0 Å². The maximum atomic E-state index is 6.42. The predicted molar refractivity (Wildman–Crippen MR) is 87.2 cm³/mol. The van der Waals surface area contributed by atoms with Crippen molar-refractivity contribution in [3.8, 4) is 11.5 Å². The van der Waals surface area contributed by atoms with Gasteiger partial charge in [0.15, 0.2) is 4.33 Å². The zero-order valence-electron chi connectivity index (χ0n) is 11.7. The average molecular weight is 321 g/mol. The van der Waals surface area contributed by atoms with E-state index < -0.39 is 4.33 Å². The third-order valence-corrected chi connectivity index (χ3v) is 4.33. The number of benzene rings is 2. The van der Waals surface area contributed by atoms with Gasteiger partial charge in [-0.15, -0.1) is 0 Å². The maximum Gasteiger partial charge on any atom is 0.170 e. The minimum Gasteiger partial charge on any atom is -0.497 e. The number of methoxy groups -OCH3 is 2. The second-order valence-electron chi connectivity index (χ2n) is 4.78. The van der Waals surface area contributed by atoms with Crippen molar-refractivity contribution >= 4 is 34.3 Å². The molecule has 0 aromatic heterocycles. The molecule has 0 spiro atoms. The van der Waals surface area contributed by atoms with E-state index in [0.29, 0.717) is 0 Å². The van der Waals surface area contributed by atoms with Crippen molar-refractivity contribution < 1.29 is 9.47 Å². The average Bonchev–Trinajstić information content (AvgIpc) is 3.10. The summed E-state index contributed by atoms with van der Waals surface area (Å²) in [6.45, 7) is 0. The summed E-state index contributed by atoms with van der Waals surface area (Å²) in [6, 6.07) is 15.4. The summed E-state index contributed by atoms with van der Waals surface area (Å²) >= 11 is 12.8. The largest absolute Gasteiger partial charge is 0.497 e. The van der Waals surface area contributed by atoms with Gasteiger partial charge in [-0.3, -0.25) is 0 Å². The van der Waals surface area contributed by atoms with Gasteiger partial charge < -0.3 is 9.47 Å². The van der Waals surface area contributed by atoms with Crippen molar-refractivity contribution in [1.82, 2.24) is 0 Å². The number of allylic oxidation sites excluding steroid dienone is 2. The molecule has 0 atom stereocenters. The Kier molecular flexibility index (Phi) is 3.60. The Morgan fingerprint density at radius 2 is 1.00 bits per heavy atom. The van der Waals surface area contributed by atoms with Gasteiger partial charge in [0.2, 0.25) is 0 Å². The van der Waals surface area contributed by atoms with E-state index in [4.69, 9.17) is 32.7 Å². The van der Waals surface area contributed by atoms with Crippen LogP contribution in [0.25, 0.3) is 11.1 Å². The molecule has 2 aromatic carbocycles. The fourth-order valence-corrected chi connectivity index (χ4v) is 3.12. The van der Waals surface area contributed by atoms with Crippen LogP contribution in [-0.2, 0) is 0 Å². The van der Waals surface area contributed by atoms with Crippen LogP contribution < -0.4 is 9.47 Å². The van der Waals surface area contributed by atoms with Crippen LogP contribution >= 0.6 is 23.2 Å². The second-order valence-corrected chi connectivity index (χ2v) is 6.11. The maximum absolute atomic E-state index is 6.42. The van der Waals surface area contributed by atoms with E-state index in [1.807, 2.05) is 48.5 Å². The van der Waals surface area contributed by atoms with E-state index in [1.54, 1.807) is 14.2 Å². The van der Waals surface area contributed by atoms with Crippen molar-refractivity contribution in [1.29, 1.82) is 0 Å². The van der Waals surface area contributed by atoms with Gasteiger partial charge in [0, 0.05) is 11.1 Å². The highest BCUT2D eigenvalue weighted by molar-refractivity contribution is 6.68. The first-order valence-corrected chi connectivity index (χ1v) is 7.25. The quantitative estimate of drug-likeness (QED) is 0.753. The van der Waals surface area contributed by atoms with Crippen LogP contribution in [0.2, 0.25) is 0 Å². The first-order valence-electron chi connectivity index (χ1n) is 6.50. The smallest absolute Gasteiger partial charge is 0.170 e. The lowest BCUT2D eigenvalue weighted by Gasteiger charge is -2.03. The summed E-state index contributed by atoms with van der Waals surface area (Å²) < 4.78 is 9.40. The summed E-state index contributed by atoms with van der Waals surface area (Å²) in [4.78, 5) is 0. The number of rotatable bonds is 4. The molecule has 1 aliphatic carbocycles. The molecule has 0 fully saturated rings. The van der Waals surface area contributed by atoms with E-state index in [9.17, 15) is 0 Å². The highest BCUT2D eigenvalue weighted by atomic mass is 35.5. The third-order valence-electron chi connectivity index (χ3n) is 3.57. The zero-order chi connectivity index (χ0) is 15.0. The van der Waals surface area contributed by atoms with E-state index in [-0.39, 0.29) is 0 Å². The summed E-state index contributed by atoms with van der Waals surface area (Å²) in [5.41, 5.74) is 3.90. The summed E-state index contributed by atoms with van der Waals surface area (Å²) in [5.74, 6) is 1.61. The molecule has 2 aromatic rings. The van der Waals surface area contributed by atoms with Gasteiger partial charge in [0.1, 0.15) is 11.5 Å². The minimum absolute atomic E-state index is 0.806. The van der Waals surface area contributed by atoms with Crippen molar-refractivity contribution in [3.05, 3.63) is 59.7 Å². The van der Waals surface area contributed by atoms with Crippen LogP contribution in [0.4, 0.5) is 0 Å². The molecule has 0 aliphatic heterocycles. The summed E-state index contributed by atoms with van der Waals surface area (Å²) in [6.07, 6.45) is 0. The van der Waals surface area contributed by atoms with Gasteiger partial charge in [-0.05, 0) is 35.4 Å². The van der Waals surface area contributed by atoms with Crippen molar-refractivity contribution in [2.24, 2.45) is 0 Å². The lowest BCUT2D eigenvalue weighted by Crippen LogP contribution is -1.93. The number of hydrogen-bond donors (Lipinski definition) is 0. The molecule has 0 saturated heterocycles. The number of hydrogen-bond acceptors (Lipinski definition) is 2. The van der Waals surface area contributed by atoms with Crippen LogP contribution in [0.5, 0.6) is 11.5 Å². The van der Waals surface area contributed by atoms with Gasteiger partial charge in [0.25, 0.3) is 0 Å². The number of ether oxygens (including phenoxy) is 2. The Labute approximate surface area is 133 Å². The van der Waals surface area contributed by atoms with Crippen molar-refractivity contribution in [2.45, 2.75) is 4.33 Å². The second kappa shape index (κ2) is 5.28. The molecule has 21 heavy (non-hydrogen) atoms. The summed E-state index contributed by atoms with van der Waals surface area (Å²) in [7, 11) is 3.28. The fourth-order valence-electron chi connectivity index (χ4n) is 2.40. The van der Waals surface area contributed by atoms with Gasteiger partial charge in [-0.2, -0.15) is 0 Å². The van der Waals surface area contributed by atoms with Crippen LogP contribution in [-0.4, -0.2) is 18.6 Å². The lowest BCUT2D eigenvalue weighted by molar-refractivity contribution is 0.414. The molecule has 108 valence electrons. The summed E-state index contributed by atoms with van der Waals surface area (Å²) in [5, 5.41) is 0. The topological polar surface area (TPSA) is 18.5 Å². The molecule has 1 aliphatic rings. The molecular weight excluding hydrogens is 307 g/mol. The van der Waals surface area contributed by atoms with Gasteiger partial charge in [-0.25, -0.2) is 0 Å². The van der Waals surface area contributed by atoms with Gasteiger partial charge in [-0.1, -0.05) is 47.5 Å². The highest BCUT2D eigenvalue weighted by Gasteiger charge is 2.51. The molecule has 0 unspecified atom stereocenters. The van der Waals surface area contributed by atoms with Crippen LogP contribution in [0.15, 0.2) is 48.5 Å². The monoisotopic (exact) mass is 320 g/mol. The Morgan fingerprint density at radius 3 is 1.29 bits per heavy atom. The molecule has 4 heteroatoms. The molecule has 0 bridgehead atoms. The van der Waals surface area contributed by atoms with Crippen LogP contribution in [0.1, 0.15) is 11.1 Å². The molecule has 0 heterocycles. The SMILES string of the molecule is COc1ccc(C2=C(c3ccc(OC)cc3)C2(Cl)Cl)cc1. The van der Waals surface area contributed by atoms with Gasteiger partial charge in [0.05, 0.1) is 14.2 Å².